The van der Waals surface area contributed by atoms with E-state index >= 15 is 0 Å². The maximum Gasteiger partial charge on any atom is 0.121 e. The Morgan fingerprint density at radius 1 is 1.11 bits per heavy atom. The molecule has 2 aromatic carbocycles. The van der Waals surface area contributed by atoms with Crippen LogP contribution in [0.15, 0.2) is 48.5 Å². The number of hydrogen-bond donors (Lipinski definition) is 2. The van der Waals surface area contributed by atoms with Gasteiger partial charge in [-0.25, -0.2) is 0 Å². The topological polar surface area (TPSA) is 47.3 Å². The average molecular weight is 256 g/mol. The third-order valence-electron chi connectivity index (χ3n) is 3.05. The Hall–Kier alpha value is -2.00. The number of rotatable bonds is 5. The van der Waals surface area contributed by atoms with Gasteiger partial charge >= 0.3 is 0 Å². The largest absolute Gasteiger partial charge is 0.489 e. The molecule has 2 aromatic rings. The molecule has 3 heteroatoms. The highest BCUT2D eigenvalue weighted by atomic mass is 16.5. The van der Waals surface area contributed by atoms with E-state index in [2.05, 4.69) is 43.5 Å². The zero-order chi connectivity index (χ0) is 13.7. The van der Waals surface area contributed by atoms with Gasteiger partial charge < -0.3 is 10.2 Å². The predicted octanol–water partition coefficient (Wildman–Crippen LogP) is 3.67. The van der Waals surface area contributed by atoms with E-state index in [1.807, 2.05) is 24.3 Å². The second-order valence-electron chi connectivity index (χ2n) is 4.86. The lowest BCUT2D eigenvalue weighted by Crippen LogP contribution is -2.06. The summed E-state index contributed by atoms with van der Waals surface area (Å²) in [4.78, 5) is 0. The Bertz CT molecular complexity index is 521. The van der Waals surface area contributed by atoms with E-state index in [1.165, 1.54) is 5.56 Å². The summed E-state index contributed by atoms with van der Waals surface area (Å²) in [7, 11) is 0. The molecule has 3 nitrogen and oxygen atoms in total. The lowest BCUT2D eigenvalue weighted by molar-refractivity contribution is 0.306. The lowest BCUT2D eigenvalue weighted by Gasteiger charge is -2.09. The summed E-state index contributed by atoms with van der Waals surface area (Å²) in [5, 5.41) is 0. The third kappa shape index (κ3) is 3.73. The first-order chi connectivity index (χ1) is 9.19. The van der Waals surface area contributed by atoms with E-state index in [1.54, 1.807) is 0 Å². The van der Waals surface area contributed by atoms with Crippen molar-refractivity contribution in [2.45, 2.75) is 26.4 Å². The number of nitrogen functional groups attached to an aromatic ring is 1. The maximum absolute atomic E-state index is 5.74. The van der Waals surface area contributed by atoms with Crippen molar-refractivity contribution in [3.8, 4) is 5.75 Å². The number of nitrogens with one attached hydrogen (secondary N) is 1. The highest BCUT2D eigenvalue weighted by Gasteiger charge is 2.00. The van der Waals surface area contributed by atoms with Gasteiger partial charge in [0.25, 0.3) is 0 Å². The minimum Gasteiger partial charge on any atom is -0.489 e. The van der Waals surface area contributed by atoms with Crippen molar-refractivity contribution in [3.05, 3.63) is 59.7 Å². The number of hydrazine groups is 1. The average Bonchev–Trinajstić information content (AvgIpc) is 2.46. The number of hydrogen-bond acceptors (Lipinski definition) is 3. The minimum atomic E-state index is 0.558. The maximum atomic E-state index is 5.74. The summed E-state index contributed by atoms with van der Waals surface area (Å²) in [6, 6.07) is 16.1. The first-order valence-corrected chi connectivity index (χ1v) is 6.47. The third-order valence-corrected chi connectivity index (χ3v) is 3.05. The fourth-order valence-electron chi connectivity index (χ4n) is 1.84. The molecule has 0 aliphatic carbocycles. The van der Waals surface area contributed by atoms with Gasteiger partial charge in [-0.05, 0) is 29.2 Å². The molecule has 0 fully saturated rings. The second-order valence-corrected chi connectivity index (χ2v) is 4.86. The lowest BCUT2D eigenvalue weighted by atomic mass is 10.0. The fraction of sp³-hybridized carbons (Fsp3) is 0.250. The number of anilines is 1. The van der Waals surface area contributed by atoms with Crippen molar-refractivity contribution in [3.63, 3.8) is 0 Å². The first-order valence-electron chi connectivity index (χ1n) is 6.47. The summed E-state index contributed by atoms with van der Waals surface area (Å²) >= 11 is 0. The van der Waals surface area contributed by atoms with E-state index in [9.17, 15) is 0 Å². The van der Waals surface area contributed by atoms with E-state index in [4.69, 9.17) is 10.6 Å². The smallest absolute Gasteiger partial charge is 0.121 e. The minimum absolute atomic E-state index is 0.558. The van der Waals surface area contributed by atoms with Crippen LogP contribution < -0.4 is 16.0 Å². The van der Waals surface area contributed by atoms with Crippen LogP contribution in [0.5, 0.6) is 5.75 Å². The van der Waals surface area contributed by atoms with Crippen LogP contribution >= 0.6 is 0 Å². The van der Waals surface area contributed by atoms with Gasteiger partial charge in [-0.15, -0.1) is 0 Å². The zero-order valence-corrected chi connectivity index (χ0v) is 11.4. The van der Waals surface area contributed by atoms with Gasteiger partial charge in [-0.3, -0.25) is 5.84 Å². The van der Waals surface area contributed by atoms with Crippen molar-refractivity contribution in [2.24, 2.45) is 5.84 Å². The molecule has 2 rings (SSSR count). The van der Waals surface area contributed by atoms with Gasteiger partial charge in [-0.1, -0.05) is 44.2 Å². The molecule has 0 unspecified atom stereocenters. The first kappa shape index (κ1) is 13.4. The SMILES string of the molecule is CC(C)c1ccc(COc2cccc(NN)c2)cc1. The molecule has 0 aliphatic rings. The molecule has 100 valence electrons. The number of nitrogens with two attached hydrogens (primary N) is 1. The van der Waals surface area contributed by atoms with Crippen LogP contribution in [-0.4, -0.2) is 0 Å². The molecular weight excluding hydrogens is 236 g/mol. The normalized spacial score (nSPS) is 10.5. The van der Waals surface area contributed by atoms with Gasteiger partial charge in [0.05, 0.1) is 5.69 Å². The Kier molecular flexibility index (Phi) is 4.42. The second kappa shape index (κ2) is 6.25. The Labute approximate surface area is 114 Å². The van der Waals surface area contributed by atoms with Crippen molar-refractivity contribution >= 4 is 5.69 Å². The molecular formula is C16H20N2O. The monoisotopic (exact) mass is 256 g/mol. The molecule has 19 heavy (non-hydrogen) atoms. The molecule has 0 atom stereocenters. The Balaban J connectivity index is 1.98. The van der Waals surface area contributed by atoms with Crippen LogP contribution in [0.2, 0.25) is 0 Å². The van der Waals surface area contributed by atoms with E-state index in [0.29, 0.717) is 12.5 Å². The molecule has 0 bridgehead atoms. The van der Waals surface area contributed by atoms with Gasteiger partial charge in [0.15, 0.2) is 0 Å². The molecule has 0 heterocycles. The molecule has 0 spiro atoms. The van der Waals surface area contributed by atoms with E-state index < -0.39 is 0 Å². The summed E-state index contributed by atoms with van der Waals surface area (Å²) in [5.41, 5.74) is 5.95. The summed E-state index contributed by atoms with van der Waals surface area (Å²) < 4.78 is 5.74. The van der Waals surface area contributed by atoms with Crippen LogP contribution in [0.25, 0.3) is 0 Å². The van der Waals surface area contributed by atoms with Gasteiger partial charge in [-0.2, -0.15) is 0 Å². The quantitative estimate of drug-likeness (QED) is 0.633. The van der Waals surface area contributed by atoms with Crippen molar-refractivity contribution < 1.29 is 4.74 Å². The molecule has 0 saturated heterocycles. The molecule has 3 N–H and O–H groups in total. The number of ether oxygens (including phenoxy) is 1. The molecule has 0 aliphatic heterocycles. The summed E-state index contributed by atoms with van der Waals surface area (Å²) in [5.74, 6) is 6.73. The Morgan fingerprint density at radius 3 is 2.47 bits per heavy atom. The van der Waals surface area contributed by atoms with E-state index in [0.717, 1.165) is 17.0 Å². The van der Waals surface area contributed by atoms with Gasteiger partial charge in [0, 0.05) is 6.07 Å². The van der Waals surface area contributed by atoms with Crippen LogP contribution in [0, 0.1) is 0 Å². The van der Waals surface area contributed by atoms with Crippen LogP contribution in [-0.2, 0) is 6.61 Å². The van der Waals surface area contributed by atoms with Crippen molar-refractivity contribution in [1.82, 2.24) is 0 Å². The molecule has 0 radical (unpaired) electrons. The standard InChI is InChI=1S/C16H20N2O/c1-12(2)14-8-6-13(7-9-14)11-19-16-5-3-4-15(10-16)18-17/h3-10,12,18H,11,17H2,1-2H3. The molecule has 0 saturated carbocycles. The summed E-state index contributed by atoms with van der Waals surface area (Å²) in [6.07, 6.45) is 0. The molecule has 0 amide bonds. The van der Waals surface area contributed by atoms with Crippen LogP contribution in [0.1, 0.15) is 30.9 Å². The van der Waals surface area contributed by atoms with Crippen LogP contribution in [0.3, 0.4) is 0 Å². The van der Waals surface area contributed by atoms with Gasteiger partial charge in [0.2, 0.25) is 0 Å². The zero-order valence-electron chi connectivity index (χ0n) is 11.4. The highest BCUT2D eigenvalue weighted by molar-refractivity contribution is 5.47. The number of benzene rings is 2. The Morgan fingerprint density at radius 2 is 1.84 bits per heavy atom. The van der Waals surface area contributed by atoms with Crippen LogP contribution in [0.4, 0.5) is 5.69 Å². The highest BCUT2D eigenvalue weighted by Crippen LogP contribution is 2.19. The van der Waals surface area contributed by atoms with Gasteiger partial charge in [0.1, 0.15) is 12.4 Å². The van der Waals surface area contributed by atoms with Crippen molar-refractivity contribution in [2.75, 3.05) is 5.43 Å². The summed E-state index contributed by atoms with van der Waals surface area (Å²) in [6.45, 7) is 4.94. The van der Waals surface area contributed by atoms with Crippen molar-refractivity contribution in [1.29, 1.82) is 0 Å². The fourth-order valence-corrected chi connectivity index (χ4v) is 1.84. The molecule has 0 aromatic heterocycles. The predicted molar refractivity (Wildman–Crippen MR) is 79.1 cm³/mol. The van der Waals surface area contributed by atoms with E-state index in [-0.39, 0.29) is 0 Å².